The van der Waals surface area contributed by atoms with E-state index in [-0.39, 0.29) is 5.75 Å². The number of rotatable bonds is 7. The van der Waals surface area contributed by atoms with E-state index in [1.807, 2.05) is 48.5 Å². The molecule has 0 unspecified atom stereocenters. The first-order valence-corrected chi connectivity index (χ1v) is 9.34. The smallest absolute Gasteiger partial charge is 0.196 e. The molecule has 0 saturated carbocycles. The molecule has 0 bridgehead atoms. The number of ether oxygens (including phenoxy) is 1. The molecule has 28 heavy (non-hydrogen) atoms. The maximum absolute atomic E-state index is 10.9. The van der Waals surface area contributed by atoms with E-state index in [1.54, 1.807) is 16.4 Å². The van der Waals surface area contributed by atoms with Crippen molar-refractivity contribution in [2.75, 3.05) is 12.9 Å². The molecule has 0 amide bonds. The molecule has 0 saturated heterocycles. The first kappa shape index (κ1) is 18.0. The maximum atomic E-state index is 10.9. The van der Waals surface area contributed by atoms with Gasteiger partial charge < -0.3 is 14.6 Å². The molecule has 4 rings (SSSR count). The number of para-hydroxylation sites is 1. The average Bonchev–Trinajstić information content (AvgIpc) is 3.31. The molecule has 0 atom stereocenters. The summed E-state index contributed by atoms with van der Waals surface area (Å²) >= 11 is 1.05. The van der Waals surface area contributed by atoms with Crippen molar-refractivity contribution in [1.29, 1.82) is 0 Å². The summed E-state index contributed by atoms with van der Waals surface area (Å²) in [5, 5.41) is 28.1. The molecule has 9 nitrogen and oxygen atoms in total. The lowest BCUT2D eigenvalue weighted by atomic mass is 10.3. The van der Waals surface area contributed by atoms with Crippen LogP contribution in [-0.2, 0) is 11.3 Å². The van der Waals surface area contributed by atoms with Gasteiger partial charge in [0.15, 0.2) is 11.0 Å². The zero-order valence-electron chi connectivity index (χ0n) is 14.8. The molecule has 0 spiro atoms. The molecule has 0 aliphatic heterocycles. The number of aromatic nitrogens is 6. The second-order valence-electron chi connectivity index (χ2n) is 5.83. The molecule has 10 heteroatoms. The zero-order chi connectivity index (χ0) is 19.5. The van der Waals surface area contributed by atoms with Crippen LogP contribution in [0.4, 0.5) is 0 Å². The van der Waals surface area contributed by atoms with Crippen molar-refractivity contribution in [3.63, 3.8) is 0 Å². The molecular weight excluding hydrogens is 380 g/mol. The fourth-order valence-electron chi connectivity index (χ4n) is 2.78. The summed E-state index contributed by atoms with van der Waals surface area (Å²) in [5.41, 5.74) is 2.44. The van der Waals surface area contributed by atoms with Gasteiger partial charge in [0, 0.05) is 11.4 Å². The topological polar surface area (TPSA) is 111 Å². The third-order valence-electron chi connectivity index (χ3n) is 4.06. The minimum atomic E-state index is -1.17. The van der Waals surface area contributed by atoms with Gasteiger partial charge in [-0.15, -0.1) is 15.3 Å². The normalized spacial score (nSPS) is 11.0. The predicted octanol–water partition coefficient (Wildman–Crippen LogP) is 0.911. The SMILES string of the molecule is COc1ccc(-n2c(Cn3nnc4ccccc43)nnc2SCC(=O)[O-])cc1. The Hall–Kier alpha value is -3.40. The number of carbonyl (C=O) groups excluding carboxylic acids is 1. The van der Waals surface area contributed by atoms with Crippen LogP contribution >= 0.6 is 11.8 Å². The molecule has 0 fully saturated rings. The number of hydrogen-bond acceptors (Lipinski definition) is 8. The number of aliphatic carboxylic acids is 1. The van der Waals surface area contributed by atoms with E-state index in [2.05, 4.69) is 20.5 Å². The van der Waals surface area contributed by atoms with Crippen LogP contribution in [0.1, 0.15) is 5.82 Å². The molecular formula is C18H15N6O3S-. The number of fused-ring (bicyclic) bond motifs is 1. The van der Waals surface area contributed by atoms with Gasteiger partial charge in [-0.05, 0) is 36.4 Å². The number of carboxylic acids is 1. The quantitative estimate of drug-likeness (QED) is 0.425. The lowest BCUT2D eigenvalue weighted by Crippen LogP contribution is -2.24. The Bertz CT molecular complexity index is 1120. The fraction of sp³-hybridized carbons (Fsp3) is 0.167. The van der Waals surface area contributed by atoms with Crippen LogP contribution in [0, 0.1) is 0 Å². The Labute approximate surface area is 164 Å². The van der Waals surface area contributed by atoms with Gasteiger partial charge in [0.2, 0.25) is 0 Å². The van der Waals surface area contributed by atoms with Gasteiger partial charge in [0.25, 0.3) is 0 Å². The molecule has 0 aliphatic rings. The van der Waals surface area contributed by atoms with Crippen molar-refractivity contribution in [3.05, 3.63) is 54.4 Å². The van der Waals surface area contributed by atoms with Crippen LogP contribution in [0.15, 0.2) is 53.7 Å². The van der Waals surface area contributed by atoms with Gasteiger partial charge >= 0.3 is 0 Å². The van der Waals surface area contributed by atoms with Gasteiger partial charge in [-0.25, -0.2) is 4.68 Å². The molecule has 0 N–H and O–H groups in total. The van der Waals surface area contributed by atoms with Crippen molar-refractivity contribution in [3.8, 4) is 11.4 Å². The number of thioether (sulfide) groups is 1. The van der Waals surface area contributed by atoms with Crippen molar-refractivity contribution in [1.82, 2.24) is 29.8 Å². The largest absolute Gasteiger partial charge is 0.549 e. The van der Waals surface area contributed by atoms with Crippen molar-refractivity contribution in [2.45, 2.75) is 11.7 Å². The summed E-state index contributed by atoms with van der Waals surface area (Å²) in [7, 11) is 1.59. The second-order valence-corrected chi connectivity index (χ2v) is 6.77. The molecule has 4 aromatic rings. The number of hydrogen-bond donors (Lipinski definition) is 0. The van der Waals surface area contributed by atoms with Gasteiger partial charge in [-0.2, -0.15) is 0 Å². The number of carbonyl (C=O) groups is 1. The number of carboxylic acid groups (broad SMARTS) is 1. The average molecular weight is 395 g/mol. The van der Waals surface area contributed by atoms with E-state index in [0.29, 0.717) is 23.3 Å². The van der Waals surface area contributed by atoms with E-state index < -0.39 is 5.97 Å². The maximum Gasteiger partial charge on any atom is 0.196 e. The Morgan fingerprint density at radius 2 is 1.89 bits per heavy atom. The first-order chi connectivity index (χ1) is 13.7. The van der Waals surface area contributed by atoms with E-state index in [1.165, 1.54) is 0 Å². The third-order valence-corrected chi connectivity index (χ3v) is 4.96. The van der Waals surface area contributed by atoms with Gasteiger partial charge in [-0.1, -0.05) is 29.1 Å². The highest BCUT2D eigenvalue weighted by Crippen LogP contribution is 2.24. The van der Waals surface area contributed by atoms with Gasteiger partial charge in [0.05, 0.1) is 18.6 Å². The highest BCUT2D eigenvalue weighted by atomic mass is 32.2. The van der Waals surface area contributed by atoms with E-state index >= 15 is 0 Å². The Kier molecular flexibility index (Phi) is 4.94. The molecule has 2 aromatic carbocycles. The number of nitrogens with zero attached hydrogens (tertiary/aromatic N) is 6. The summed E-state index contributed by atoms with van der Waals surface area (Å²) in [5.74, 6) is -0.0788. The van der Waals surface area contributed by atoms with Crippen LogP contribution in [0.3, 0.4) is 0 Å². The monoisotopic (exact) mass is 395 g/mol. The lowest BCUT2D eigenvalue weighted by Gasteiger charge is -2.11. The number of methoxy groups -OCH3 is 1. The summed E-state index contributed by atoms with van der Waals surface area (Å²) < 4.78 is 8.73. The summed E-state index contributed by atoms with van der Waals surface area (Å²) in [6.45, 7) is 0.325. The highest BCUT2D eigenvalue weighted by molar-refractivity contribution is 7.99. The van der Waals surface area contributed by atoms with E-state index in [4.69, 9.17) is 4.74 Å². The van der Waals surface area contributed by atoms with Gasteiger partial charge in [-0.3, -0.25) is 4.57 Å². The van der Waals surface area contributed by atoms with Crippen molar-refractivity contribution < 1.29 is 14.6 Å². The summed E-state index contributed by atoms with van der Waals surface area (Å²) in [6.07, 6.45) is 0. The lowest BCUT2D eigenvalue weighted by molar-refractivity contribution is -0.301. The highest BCUT2D eigenvalue weighted by Gasteiger charge is 2.17. The molecule has 0 aliphatic carbocycles. The van der Waals surface area contributed by atoms with Crippen molar-refractivity contribution in [2.24, 2.45) is 0 Å². The molecule has 2 heterocycles. The van der Waals surface area contributed by atoms with Gasteiger partial charge in [0.1, 0.15) is 17.8 Å². The standard InChI is InChI=1S/C18H16N6O3S/c1-27-13-8-6-12(7-9-13)24-16(20-21-18(24)28-11-17(25)26)10-23-15-5-3-2-4-14(15)19-22-23/h2-9H,10-11H2,1H3,(H,25,26)/p-1. The van der Waals surface area contributed by atoms with Crippen LogP contribution < -0.4 is 9.84 Å². The second kappa shape index (κ2) is 7.69. The van der Waals surface area contributed by atoms with Crippen LogP contribution in [0.5, 0.6) is 5.75 Å². The van der Waals surface area contributed by atoms with Crippen LogP contribution in [0.2, 0.25) is 0 Å². The summed E-state index contributed by atoms with van der Waals surface area (Å²) in [6, 6.07) is 15.0. The minimum Gasteiger partial charge on any atom is -0.549 e. The van der Waals surface area contributed by atoms with E-state index in [9.17, 15) is 9.90 Å². The fourth-order valence-corrected chi connectivity index (χ4v) is 3.46. The Balaban J connectivity index is 1.74. The third kappa shape index (κ3) is 3.54. The van der Waals surface area contributed by atoms with E-state index in [0.717, 1.165) is 28.5 Å². The Morgan fingerprint density at radius 3 is 2.64 bits per heavy atom. The minimum absolute atomic E-state index is 0.222. The number of benzene rings is 2. The van der Waals surface area contributed by atoms with Crippen LogP contribution in [-0.4, -0.2) is 48.6 Å². The first-order valence-electron chi connectivity index (χ1n) is 8.35. The summed E-state index contributed by atoms with van der Waals surface area (Å²) in [4.78, 5) is 10.9. The van der Waals surface area contributed by atoms with Crippen LogP contribution in [0.25, 0.3) is 16.7 Å². The molecule has 2 aromatic heterocycles. The zero-order valence-corrected chi connectivity index (χ0v) is 15.7. The predicted molar refractivity (Wildman–Crippen MR) is 100 cm³/mol. The molecule has 142 valence electrons. The Morgan fingerprint density at radius 1 is 1.11 bits per heavy atom. The van der Waals surface area contributed by atoms with Crippen molar-refractivity contribution >= 4 is 28.8 Å². The molecule has 0 radical (unpaired) electrons.